The lowest BCUT2D eigenvalue weighted by Crippen LogP contribution is -2.53. The molecule has 0 aromatic carbocycles. The Bertz CT molecular complexity index is 422. The van der Waals surface area contributed by atoms with Crippen LogP contribution in [0.3, 0.4) is 0 Å². The SMILES string of the molecule is C[SiH](C)O[Si](CCCCCCCCCCCOOCC1CCCCC1)(O[SiH](C)C)O[SiH](C)C. The number of hydrogen-bond donors (Lipinski definition) is 0. The summed E-state index contributed by atoms with van der Waals surface area (Å²) in [6.45, 7) is 15.0. The summed E-state index contributed by atoms with van der Waals surface area (Å²) in [6, 6.07) is 1.03. The summed E-state index contributed by atoms with van der Waals surface area (Å²) >= 11 is 0. The molecule has 0 aromatic heterocycles. The van der Waals surface area contributed by atoms with Crippen LogP contribution in [0, 0.1) is 5.92 Å². The van der Waals surface area contributed by atoms with Gasteiger partial charge in [0.1, 0.15) is 0 Å². The maximum absolute atomic E-state index is 6.48. The van der Waals surface area contributed by atoms with E-state index in [0.29, 0.717) is 0 Å². The third-order valence-electron chi connectivity index (χ3n) is 6.07. The minimum Gasteiger partial charge on any atom is -0.420 e. The molecule has 0 unspecified atom stereocenters. The molecular weight excluding hydrogens is 481 g/mol. The number of unbranched alkanes of at least 4 members (excludes halogenated alkanes) is 8. The van der Waals surface area contributed by atoms with Crippen LogP contribution >= 0.6 is 0 Å². The Hall–Kier alpha value is 0.668. The van der Waals surface area contributed by atoms with Crippen molar-refractivity contribution < 1.29 is 22.1 Å². The molecule has 9 heteroatoms. The van der Waals surface area contributed by atoms with Crippen LogP contribution < -0.4 is 0 Å². The molecule has 1 fully saturated rings. The lowest BCUT2D eigenvalue weighted by atomic mass is 9.90. The van der Waals surface area contributed by atoms with E-state index in [0.717, 1.165) is 31.6 Å². The van der Waals surface area contributed by atoms with E-state index in [2.05, 4.69) is 39.3 Å². The van der Waals surface area contributed by atoms with Crippen molar-refractivity contribution in [3.8, 4) is 0 Å². The second-order valence-corrected chi connectivity index (χ2v) is 21.7. The molecule has 1 saturated carbocycles. The third-order valence-corrected chi connectivity index (χ3v) is 17.0. The van der Waals surface area contributed by atoms with E-state index in [1.165, 1.54) is 83.5 Å². The minimum atomic E-state index is -2.43. The van der Waals surface area contributed by atoms with Gasteiger partial charge in [-0.3, -0.25) is 0 Å². The van der Waals surface area contributed by atoms with Crippen molar-refractivity contribution in [1.29, 1.82) is 0 Å². The summed E-state index contributed by atoms with van der Waals surface area (Å²) in [7, 11) is -5.95. The third kappa shape index (κ3) is 17.7. The first-order valence-corrected chi connectivity index (χ1v) is 24.4. The smallest absolute Gasteiger partial charge is 0.420 e. The van der Waals surface area contributed by atoms with Gasteiger partial charge in [0.05, 0.1) is 13.2 Å². The van der Waals surface area contributed by atoms with Gasteiger partial charge in [-0.15, -0.1) is 0 Å². The Morgan fingerprint density at radius 2 is 1.03 bits per heavy atom. The van der Waals surface area contributed by atoms with Gasteiger partial charge in [-0.1, -0.05) is 64.2 Å². The molecule has 0 spiro atoms. The highest BCUT2D eigenvalue weighted by Gasteiger charge is 2.42. The Balaban J connectivity index is 2.01. The molecule has 33 heavy (non-hydrogen) atoms. The lowest BCUT2D eigenvalue weighted by Gasteiger charge is -2.35. The van der Waals surface area contributed by atoms with Crippen molar-refractivity contribution in [2.24, 2.45) is 5.92 Å². The number of hydrogen-bond acceptors (Lipinski definition) is 5. The molecule has 1 aliphatic carbocycles. The Morgan fingerprint density at radius 3 is 1.52 bits per heavy atom. The topological polar surface area (TPSA) is 46.2 Å². The second kappa shape index (κ2) is 19.8. The van der Waals surface area contributed by atoms with Gasteiger partial charge in [-0.05, 0) is 70.9 Å². The highest BCUT2D eigenvalue weighted by molar-refractivity contribution is 6.79. The zero-order chi connectivity index (χ0) is 24.4. The van der Waals surface area contributed by atoms with Gasteiger partial charge in [-0.2, -0.15) is 0 Å². The summed E-state index contributed by atoms with van der Waals surface area (Å²) in [5.74, 6) is 0.733. The van der Waals surface area contributed by atoms with Crippen molar-refractivity contribution in [2.75, 3.05) is 13.2 Å². The van der Waals surface area contributed by atoms with E-state index in [4.69, 9.17) is 22.1 Å². The van der Waals surface area contributed by atoms with Gasteiger partial charge in [-0.25, -0.2) is 9.78 Å². The average Bonchev–Trinajstić information content (AvgIpc) is 2.73. The highest BCUT2D eigenvalue weighted by Crippen LogP contribution is 2.25. The predicted octanol–water partition coefficient (Wildman–Crippen LogP) is 6.96. The fourth-order valence-electron chi connectivity index (χ4n) is 4.63. The average molecular weight is 537 g/mol. The Labute approximate surface area is 212 Å². The van der Waals surface area contributed by atoms with Crippen LogP contribution in [-0.4, -0.2) is 49.1 Å². The van der Waals surface area contributed by atoms with Crippen molar-refractivity contribution >= 4 is 35.9 Å². The summed E-state index contributed by atoms with van der Waals surface area (Å²) in [5, 5.41) is 0. The maximum atomic E-state index is 6.48. The molecule has 1 rings (SSSR count). The predicted molar refractivity (Wildman–Crippen MR) is 150 cm³/mol. The van der Waals surface area contributed by atoms with Crippen LogP contribution in [0.15, 0.2) is 0 Å². The first-order valence-electron chi connectivity index (χ1n) is 14.1. The zero-order valence-electron chi connectivity index (χ0n) is 22.9. The van der Waals surface area contributed by atoms with Crippen LogP contribution in [0.25, 0.3) is 0 Å². The van der Waals surface area contributed by atoms with E-state index in [1.54, 1.807) is 0 Å². The van der Waals surface area contributed by atoms with Crippen LogP contribution in [0.1, 0.15) is 89.9 Å². The standard InChI is InChI=1S/C24H56O5Si4/c1-30(2)27-33(28-31(3)4,29-32(5)6)22-18-13-11-9-7-8-10-12-17-21-25-26-23-24-19-15-14-16-20-24/h24,30-32H,7-23H2,1-6H3. The molecule has 0 aromatic rings. The normalized spacial score (nSPS) is 15.9. The van der Waals surface area contributed by atoms with Crippen molar-refractivity contribution in [2.45, 2.75) is 135 Å². The lowest BCUT2D eigenvalue weighted by molar-refractivity contribution is -0.302. The van der Waals surface area contributed by atoms with Gasteiger partial charge in [0, 0.05) is 6.04 Å². The summed E-state index contributed by atoms with van der Waals surface area (Å²) in [5.41, 5.74) is 0. The van der Waals surface area contributed by atoms with E-state index in [-0.39, 0.29) is 0 Å². The first kappa shape index (κ1) is 31.7. The van der Waals surface area contributed by atoms with Crippen molar-refractivity contribution in [1.82, 2.24) is 0 Å². The molecule has 0 bridgehead atoms. The van der Waals surface area contributed by atoms with Gasteiger partial charge in [0.2, 0.25) is 0 Å². The Kier molecular flexibility index (Phi) is 19.0. The van der Waals surface area contributed by atoms with Gasteiger partial charge in [0.25, 0.3) is 0 Å². The maximum Gasteiger partial charge on any atom is 0.468 e. The molecule has 0 N–H and O–H groups in total. The van der Waals surface area contributed by atoms with Crippen LogP contribution in [-0.2, 0) is 22.1 Å². The fourth-order valence-corrected chi connectivity index (χ4v) is 17.5. The molecule has 0 heterocycles. The summed E-state index contributed by atoms with van der Waals surface area (Å²) in [6.07, 6.45) is 18.3. The minimum absolute atomic E-state index is 0.733. The van der Waals surface area contributed by atoms with Crippen molar-refractivity contribution in [3.05, 3.63) is 0 Å². The molecule has 5 nitrogen and oxygen atoms in total. The monoisotopic (exact) mass is 536 g/mol. The molecule has 0 amide bonds. The van der Waals surface area contributed by atoms with Gasteiger partial charge < -0.3 is 12.3 Å². The second-order valence-electron chi connectivity index (χ2n) is 10.7. The highest BCUT2D eigenvalue weighted by atomic mass is 28.5. The molecule has 0 atom stereocenters. The van der Waals surface area contributed by atoms with Gasteiger partial charge in [0.15, 0.2) is 27.1 Å². The fraction of sp³-hybridized carbons (Fsp3) is 1.00. The zero-order valence-corrected chi connectivity index (χ0v) is 27.3. The summed E-state index contributed by atoms with van der Waals surface area (Å²) < 4.78 is 19.4. The number of rotatable bonds is 21. The van der Waals surface area contributed by atoms with Crippen LogP contribution in [0.2, 0.25) is 45.3 Å². The quantitative estimate of drug-likeness (QED) is 0.0686. The Morgan fingerprint density at radius 1 is 0.576 bits per heavy atom. The van der Waals surface area contributed by atoms with Gasteiger partial charge >= 0.3 is 8.80 Å². The first-order chi connectivity index (χ1) is 15.8. The molecule has 0 radical (unpaired) electrons. The molecule has 198 valence electrons. The van der Waals surface area contributed by atoms with Crippen molar-refractivity contribution in [3.63, 3.8) is 0 Å². The van der Waals surface area contributed by atoms with Crippen LogP contribution in [0.5, 0.6) is 0 Å². The van der Waals surface area contributed by atoms with E-state index >= 15 is 0 Å². The molecular formula is C24H56O5Si4. The van der Waals surface area contributed by atoms with E-state index in [1.807, 2.05) is 0 Å². The van der Waals surface area contributed by atoms with E-state index < -0.39 is 35.9 Å². The largest absolute Gasteiger partial charge is 0.468 e. The summed E-state index contributed by atoms with van der Waals surface area (Å²) in [4.78, 5) is 10.8. The van der Waals surface area contributed by atoms with Crippen LogP contribution in [0.4, 0.5) is 0 Å². The molecule has 1 aliphatic rings. The van der Waals surface area contributed by atoms with E-state index in [9.17, 15) is 0 Å². The molecule has 0 aliphatic heterocycles. The molecule has 0 saturated heterocycles.